The Kier molecular flexibility index (Phi) is 4.23. The molecule has 0 bridgehead atoms. The fraction of sp³-hybridized carbons (Fsp3) is 0.176. The van der Waals surface area contributed by atoms with Gasteiger partial charge in [0.1, 0.15) is 11.6 Å². The Bertz CT molecular complexity index is 795. The molecular weight excluding hydrogens is 297 g/mol. The Morgan fingerprint density at radius 2 is 2.30 bits per heavy atom. The van der Waals surface area contributed by atoms with Crippen LogP contribution in [0.1, 0.15) is 23.7 Å². The van der Waals surface area contributed by atoms with Crippen molar-refractivity contribution in [2.24, 2.45) is 4.99 Å². The zero-order valence-electron chi connectivity index (χ0n) is 12.5. The van der Waals surface area contributed by atoms with E-state index >= 15 is 0 Å². The molecule has 2 N–H and O–H groups in total. The predicted octanol–water partition coefficient (Wildman–Crippen LogP) is 3.32. The molecule has 0 aliphatic carbocycles. The van der Waals surface area contributed by atoms with Crippen LogP contribution in [-0.2, 0) is 6.42 Å². The molecule has 3 rings (SSSR count). The van der Waals surface area contributed by atoms with Gasteiger partial charge in [-0.2, -0.15) is 0 Å². The summed E-state index contributed by atoms with van der Waals surface area (Å²) in [6, 6.07) is 5.43. The van der Waals surface area contributed by atoms with E-state index < -0.39 is 5.82 Å². The number of halogens is 1. The van der Waals surface area contributed by atoms with Crippen LogP contribution in [0.15, 0.2) is 58.7 Å². The normalized spacial score (nSPS) is 13.2. The van der Waals surface area contributed by atoms with Gasteiger partial charge in [0.15, 0.2) is 0 Å². The topological polar surface area (TPSA) is 74.4 Å². The number of aromatic nitrogens is 2. The highest BCUT2D eigenvalue weighted by Gasteiger charge is 2.15. The summed E-state index contributed by atoms with van der Waals surface area (Å²) in [7, 11) is 0. The molecule has 5 nitrogen and oxygen atoms in total. The van der Waals surface area contributed by atoms with Gasteiger partial charge < -0.3 is 14.5 Å². The Hall–Kier alpha value is -2.89. The van der Waals surface area contributed by atoms with Gasteiger partial charge in [0.05, 0.1) is 30.6 Å². The summed E-state index contributed by atoms with van der Waals surface area (Å²) in [5.41, 5.74) is 2.46. The molecule has 0 amide bonds. The number of H-pyrrole nitrogens is 1. The van der Waals surface area contributed by atoms with Crippen molar-refractivity contribution in [3.63, 3.8) is 0 Å². The monoisotopic (exact) mass is 313 g/mol. The number of phenols is 1. The molecule has 0 radical (unpaired) electrons. The van der Waals surface area contributed by atoms with Crippen LogP contribution in [0, 0.1) is 5.82 Å². The van der Waals surface area contributed by atoms with Crippen molar-refractivity contribution in [1.29, 1.82) is 0 Å². The van der Waals surface area contributed by atoms with Gasteiger partial charge in [-0.15, -0.1) is 0 Å². The van der Waals surface area contributed by atoms with E-state index in [2.05, 4.69) is 15.0 Å². The minimum absolute atomic E-state index is 0.0277. The molecule has 0 saturated heterocycles. The van der Waals surface area contributed by atoms with E-state index in [0.717, 1.165) is 5.69 Å². The number of nitrogens with zero attached hydrogens (tertiary/aromatic N) is 2. The molecular formula is C17H16FN3O2. The van der Waals surface area contributed by atoms with E-state index in [4.69, 9.17) is 4.42 Å². The number of imidazole rings is 1. The van der Waals surface area contributed by atoms with E-state index in [0.29, 0.717) is 23.3 Å². The van der Waals surface area contributed by atoms with E-state index in [1.54, 1.807) is 18.6 Å². The lowest BCUT2D eigenvalue weighted by atomic mass is 10.0. The molecule has 1 aromatic carbocycles. The number of benzene rings is 1. The third-order valence-electron chi connectivity index (χ3n) is 3.43. The third-order valence-corrected chi connectivity index (χ3v) is 3.43. The molecule has 0 fully saturated rings. The summed E-state index contributed by atoms with van der Waals surface area (Å²) in [5, 5.41) is 10.1. The molecule has 2 aromatic heterocycles. The first-order valence-corrected chi connectivity index (χ1v) is 7.20. The zero-order chi connectivity index (χ0) is 16.2. The number of hydrogen-bond acceptors (Lipinski definition) is 4. The smallest absolute Gasteiger partial charge is 0.125 e. The van der Waals surface area contributed by atoms with E-state index in [9.17, 15) is 9.50 Å². The highest BCUT2D eigenvalue weighted by molar-refractivity contribution is 6.14. The Morgan fingerprint density at radius 3 is 3.00 bits per heavy atom. The molecule has 0 aliphatic heterocycles. The Labute approximate surface area is 132 Å². The SMILES string of the molecule is C[C@H](Cc1cnc[nH]1)N=C(c1ccoc1)c1cc(F)ccc1O. The average molecular weight is 313 g/mol. The van der Waals surface area contributed by atoms with Gasteiger partial charge in [-0.25, -0.2) is 9.37 Å². The highest BCUT2D eigenvalue weighted by Crippen LogP contribution is 2.23. The van der Waals surface area contributed by atoms with Crippen LogP contribution in [0.3, 0.4) is 0 Å². The first-order valence-electron chi connectivity index (χ1n) is 7.20. The molecule has 1 atom stereocenters. The number of aromatic amines is 1. The molecule has 0 aliphatic rings. The van der Waals surface area contributed by atoms with Crippen molar-refractivity contribution in [3.8, 4) is 5.75 Å². The van der Waals surface area contributed by atoms with Crippen molar-refractivity contribution in [2.45, 2.75) is 19.4 Å². The van der Waals surface area contributed by atoms with Gasteiger partial charge in [0, 0.05) is 29.4 Å². The van der Waals surface area contributed by atoms with Crippen LogP contribution >= 0.6 is 0 Å². The summed E-state index contributed by atoms with van der Waals surface area (Å²) in [6.45, 7) is 1.94. The second-order valence-electron chi connectivity index (χ2n) is 5.28. The Balaban J connectivity index is 1.99. The van der Waals surface area contributed by atoms with Crippen LogP contribution in [0.4, 0.5) is 4.39 Å². The van der Waals surface area contributed by atoms with E-state index in [1.165, 1.54) is 30.7 Å². The number of phenolic OH excluding ortho intramolecular Hbond substituents is 1. The van der Waals surface area contributed by atoms with Gasteiger partial charge in [0.25, 0.3) is 0 Å². The van der Waals surface area contributed by atoms with Crippen LogP contribution in [0.5, 0.6) is 5.75 Å². The summed E-state index contributed by atoms with van der Waals surface area (Å²) in [6.07, 6.45) is 7.04. The minimum atomic E-state index is -0.435. The molecule has 0 saturated carbocycles. The quantitative estimate of drug-likeness (QED) is 0.710. The van der Waals surface area contributed by atoms with Gasteiger partial charge in [0.2, 0.25) is 0 Å². The van der Waals surface area contributed by atoms with Crippen molar-refractivity contribution < 1.29 is 13.9 Å². The molecule has 0 spiro atoms. The molecule has 3 aromatic rings. The predicted molar refractivity (Wildman–Crippen MR) is 84.2 cm³/mol. The highest BCUT2D eigenvalue weighted by atomic mass is 19.1. The number of aliphatic imine (C=N–C) groups is 1. The molecule has 118 valence electrons. The van der Waals surface area contributed by atoms with Gasteiger partial charge in [-0.1, -0.05) is 0 Å². The first kappa shape index (κ1) is 15.0. The average Bonchev–Trinajstić information content (AvgIpc) is 3.21. The second kappa shape index (κ2) is 6.48. The summed E-state index contributed by atoms with van der Waals surface area (Å²) < 4.78 is 18.7. The van der Waals surface area contributed by atoms with Gasteiger partial charge in [-0.05, 0) is 31.2 Å². The molecule has 6 heteroatoms. The fourth-order valence-electron chi connectivity index (χ4n) is 2.38. The van der Waals surface area contributed by atoms with Crippen LogP contribution in [0.25, 0.3) is 0 Å². The fourth-order valence-corrected chi connectivity index (χ4v) is 2.38. The lowest BCUT2D eigenvalue weighted by molar-refractivity contribution is 0.472. The number of aromatic hydroxyl groups is 1. The van der Waals surface area contributed by atoms with Crippen LogP contribution in [-0.4, -0.2) is 26.8 Å². The zero-order valence-corrected chi connectivity index (χ0v) is 12.5. The Morgan fingerprint density at radius 1 is 1.43 bits per heavy atom. The maximum Gasteiger partial charge on any atom is 0.125 e. The van der Waals surface area contributed by atoms with Crippen molar-refractivity contribution in [2.75, 3.05) is 0 Å². The van der Waals surface area contributed by atoms with Crippen molar-refractivity contribution >= 4 is 5.71 Å². The molecule has 2 heterocycles. The summed E-state index contributed by atoms with van der Waals surface area (Å²) in [5.74, 6) is -0.463. The van der Waals surface area contributed by atoms with Crippen LogP contribution < -0.4 is 0 Å². The van der Waals surface area contributed by atoms with Crippen molar-refractivity contribution in [3.05, 3.63) is 72.0 Å². The number of hydrogen-bond donors (Lipinski definition) is 2. The van der Waals surface area contributed by atoms with Crippen molar-refractivity contribution in [1.82, 2.24) is 9.97 Å². The van der Waals surface area contributed by atoms with E-state index in [-0.39, 0.29) is 11.8 Å². The maximum absolute atomic E-state index is 13.6. The lowest BCUT2D eigenvalue weighted by Crippen LogP contribution is -2.11. The van der Waals surface area contributed by atoms with Gasteiger partial charge in [-0.3, -0.25) is 4.99 Å². The van der Waals surface area contributed by atoms with Crippen LogP contribution in [0.2, 0.25) is 0 Å². The largest absolute Gasteiger partial charge is 0.507 e. The lowest BCUT2D eigenvalue weighted by Gasteiger charge is -2.11. The summed E-state index contributed by atoms with van der Waals surface area (Å²) in [4.78, 5) is 11.7. The number of furan rings is 1. The number of rotatable bonds is 5. The molecule has 0 unspecified atom stereocenters. The van der Waals surface area contributed by atoms with E-state index in [1.807, 2.05) is 6.92 Å². The summed E-state index contributed by atoms with van der Waals surface area (Å²) >= 11 is 0. The second-order valence-corrected chi connectivity index (χ2v) is 5.28. The number of nitrogens with one attached hydrogen (secondary N) is 1. The first-order chi connectivity index (χ1) is 11.1. The maximum atomic E-state index is 13.6. The standard InChI is InChI=1S/C17H16FN3O2/c1-11(6-14-8-19-10-20-14)21-17(12-4-5-23-9-12)15-7-13(18)2-3-16(15)22/h2-5,7-11,22H,6H2,1H3,(H,19,20)/t11-/m1/s1. The molecule has 23 heavy (non-hydrogen) atoms. The van der Waals surface area contributed by atoms with Gasteiger partial charge >= 0.3 is 0 Å². The minimum Gasteiger partial charge on any atom is -0.507 e. The third kappa shape index (κ3) is 3.48.